The van der Waals surface area contributed by atoms with Crippen LogP contribution in [0, 0.1) is 0 Å². The number of carbonyl (C=O) groups is 1. The van der Waals surface area contributed by atoms with E-state index < -0.39 is 0 Å². The maximum absolute atomic E-state index is 12.9. The molecule has 0 saturated heterocycles. The lowest BCUT2D eigenvalue weighted by molar-refractivity contribution is 0.189. The molecule has 132 valence electrons. The second kappa shape index (κ2) is 6.63. The Hall–Kier alpha value is -3.15. The molecule has 0 unspecified atom stereocenters. The van der Waals surface area contributed by atoms with Gasteiger partial charge in [-0.05, 0) is 29.2 Å². The summed E-state index contributed by atoms with van der Waals surface area (Å²) in [5.74, 6) is 0.731. The Morgan fingerprint density at radius 2 is 1.62 bits per heavy atom. The molecule has 0 bridgehead atoms. The van der Waals surface area contributed by atoms with Crippen molar-refractivity contribution >= 4 is 6.03 Å². The van der Waals surface area contributed by atoms with Crippen LogP contribution in [0.1, 0.15) is 29.9 Å². The van der Waals surface area contributed by atoms with Crippen molar-refractivity contribution in [1.82, 2.24) is 25.0 Å². The first kappa shape index (κ1) is 16.3. The number of aromatic nitrogens is 3. The molecule has 0 aliphatic carbocycles. The molecule has 3 aromatic rings. The SMILES string of the molecule is C[C@H](NC(=O)N1Cc2ccccc2-c2ccccc2C1)c1nncn1C. The third kappa shape index (κ3) is 2.94. The van der Waals surface area contributed by atoms with Crippen molar-refractivity contribution in [2.75, 3.05) is 0 Å². The summed E-state index contributed by atoms with van der Waals surface area (Å²) in [7, 11) is 1.87. The Morgan fingerprint density at radius 3 is 2.15 bits per heavy atom. The number of fused-ring (bicyclic) bond motifs is 3. The highest BCUT2D eigenvalue weighted by Gasteiger charge is 2.24. The number of aryl methyl sites for hydroxylation is 1. The van der Waals surface area contributed by atoms with Gasteiger partial charge in [-0.2, -0.15) is 0 Å². The lowest BCUT2D eigenvalue weighted by atomic mass is 9.97. The smallest absolute Gasteiger partial charge is 0.318 e. The summed E-state index contributed by atoms with van der Waals surface area (Å²) in [6.07, 6.45) is 1.64. The highest BCUT2D eigenvalue weighted by molar-refractivity contribution is 5.78. The average molecular weight is 347 g/mol. The van der Waals surface area contributed by atoms with Crippen LogP contribution < -0.4 is 5.32 Å². The molecule has 0 radical (unpaired) electrons. The van der Waals surface area contributed by atoms with Crippen LogP contribution in [0.5, 0.6) is 0 Å². The summed E-state index contributed by atoms with van der Waals surface area (Å²) < 4.78 is 1.82. The topological polar surface area (TPSA) is 63.1 Å². The molecule has 1 aliphatic rings. The van der Waals surface area contributed by atoms with E-state index in [0.29, 0.717) is 13.1 Å². The number of carbonyl (C=O) groups excluding carboxylic acids is 1. The second-order valence-electron chi connectivity index (χ2n) is 6.64. The van der Waals surface area contributed by atoms with Gasteiger partial charge in [0, 0.05) is 20.1 Å². The molecular weight excluding hydrogens is 326 g/mol. The lowest BCUT2D eigenvalue weighted by Crippen LogP contribution is -2.40. The van der Waals surface area contributed by atoms with E-state index in [-0.39, 0.29) is 12.1 Å². The fraction of sp³-hybridized carbons (Fsp3) is 0.250. The normalized spacial score (nSPS) is 14.2. The fourth-order valence-corrected chi connectivity index (χ4v) is 3.48. The van der Waals surface area contributed by atoms with Crippen molar-refractivity contribution in [3.63, 3.8) is 0 Å². The highest BCUT2D eigenvalue weighted by atomic mass is 16.2. The molecule has 1 aliphatic heterocycles. The maximum atomic E-state index is 12.9. The molecule has 2 heterocycles. The van der Waals surface area contributed by atoms with E-state index in [1.54, 1.807) is 6.33 Å². The summed E-state index contributed by atoms with van der Waals surface area (Å²) in [6.45, 7) is 3.06. The molecule has 1 atom stereocenters. The van der Waals surface area contributed by atoms with Crippen LogP contribution in [0.4, 0.5) is 4.79 Å². The van der Waals surface area contributed by atoms with Gasteiger partial charge in [-0.25, -0.2) is 4.79 Å². The van der Waals surface area contributed by atoms with E-state index in [1.807, 2.05) is 47.7 Å². The number of urea groups is 1. The first-order valence-electron chi connectivity index (χ1n) is 8.69. The lowest BCUT2D eigenvalue weighted by Gasteiger charge is -2.24. The van der Waals surface area contributed by atoms with Crippen LogP contribution in [-0.2, 0) is 20.1 Å². The highest BCUT2D eigenvalue weighted by Crippen LogP contribution is 2.32. The number of hydrogen-bond donors (Lipinski definition) is 1. The van der Waals surface area contributed by atoms with E-state index in [2.05, 4.69) is 39.8 Å². The van der Waals surface area contributed by atoms with Gasteiger partial charge in [0.2, 0.25) is 0 Å². The summed E-state index contributed by atoms with van der Waals surface area (Å²) in [5, 5.41) is 11.0. The zero-order valence-corrected chi connectivity index (χ0v) is 14.9. The molecular formula is C20H21N5O. The van der Waals surface area contributed by atoms with E-state index in [9.17, 15) is 4.79 Å². The van der Waals surface area contributed by atoms with E-state index in [1.165, 1.54) is 11.1 Å². The van der Waals surface area contributed by atoms with Gasteiger partial charge in [0.05, 0.1) is 6.04 Å². The zero-order chi connectivity index (χ0) is 18.1. The van der Waals surface area contributed by atoms with Crippen molar-refractivity contribution in [3.8, 4) is 11.1 Å². The molecule has 6 heteroatoms. The van der Waals surface area contributed by atoms with Gasteiger partial charge in [0.15, 0.2) is 5.82 Å². The Bertz CT molecular complexity index is 901. The number of nitrogens with zero attached hydrogens (tertiary/aromatic N) is 4. The van der Waals surface area contributed by atoms with Crippen molar-refractivity contribution in [2.24, 2.45) is 7.05 Å². The Balaban J connectivity index is 1.62. The van der Waals surface area contributed by atoms with Crippen molar-refractivity contribution in [3.05, 3.63) is 71.8 Å². The van der Waals surface area contributed by atoms with Gasteiger partial charge < -0.3 is 14.8 Å². The minimum Gasteiger partial charge on any atom is -0.328 e. The largest absolute Gasteiger partial charge is 0.328 e. The summed E-state index contributed by atoms with van der Waals surface area (Å²) in [4.78, 5) is 14.8. The van der Waals surface area contributed by atoms with Gasteiger partial charge in [-0.3, -0.25) is 0 Å². The molecule has 0 saturated carbocycles. The van der Waals surface area contributed by atoms with Gasteiger partial charge in [-0.15, -0.1) is 10.2 Å². The summed E-state index contributed by atoms with van der Waals surface area (Å²) in [5.41, 5.74) is 4.69. The molecule has 1 N–H and O–H groups in total. The maximum Gasteiger partial charge on any atom is 0.318 e. The molecule has 1 aromatic heterocycles. The second-order valence-corrected chi connectivity index (χ2v) is 6.64. The standard InChI is InChI=1S/C20H21N5O/c1-14(19-23-21-13-24(19)2)22-20(26)25-11-15-7-3-5-9-17(15)18-10-6-4-8-16(18)12-25/h3-10,13-14H,11-12H2,1-2H3,(H,22,26)/t14-/m0/s1. The van der Waals surface area contributed by atoms with Crippen molar-refractivity contribution in [1.29, 1.82) is 0 Å². The quantitative estimate of drug-likeness (QED) is 0.774. The molecule has 0 fully saturated rings. The van der Waals surface area contributed by atoms with E-state index in [4.69, 9.17) is 0 Å². The summed E-state index contributed by atoms with van der Waals surface area (Å²) in [6, 6.07) is 16.2. The zero-order valence-electron chi connectivity index (χ0n) is 14.9. The van der Waals surface area contributed by atoms with Crippen LogP contribution >= 0.6 is 0 Å². The number of benzene rings is 2. The molecule has 6 nitrogen and oxygen atoms in total. The van der Waals surface area contributed by atoms with Crippen LogP contribution in [0.3, 0.4) is 0 Å². The predicted octanol–water partition coefficient (Wildman–Crippen LogP) is 3.27. The van der Waals surface area contributed by atoms with Crippen molar-refractivity contribution in [2.45, 2.75) is 26.1 Å². The van der Waals surface area contributed by atoms with Crippen LogP contribution in [0.2, 0.25) is 0 Å². The van der Waals surface area contributed by atoms with Gasteiger partial charge >= 0.3 is 6.03 Å². The monoisotopic (exact) mass is 347 g/mol. The molecule has 4 rings (SSSR count). The molecule has 2 aromatic carbocycles. The number of rotatable bonds is 2. The minimum absolute atomic E-state index is 0.105. The molecule has 0 spiro atoms. The molecule has 2 amide bonds. The van der Waals surface area contributed by atoms with Crippen LogP contribution in [-0.4, -0.2) is 25.7 Å². The third-order valence-corrected chi connectivity index (χ3v) is 4.81. The number of amides is 2. The molecule has 26 heavy (non-hydrogen) atoms. The van der Waals surface area contributed by atoms with Gasteiger partial charge in [0.25, 0.3) is 0 Å². The van der Waals surface area contributed by atoms with Gasteiger partial charge in [0.1, 0.15) is 6.33 Å². The third-order valence-electron chi connectivity index (χ3n) is 4.81. The Labute approximate surface area is 152 Å². The van der Waals surface area contributed by atoms with Crippen molar-refractivity contribution < 1.29 is 4.79 Å². The number of nitrogens with one attached hydrogen (secondary N) is 1. The van der Waals surface area contributed by atoms with Crippen LogP contribution in [0.15, 0.2) is 54.9 Å². The van der Waals surface area contributed by atoms with E-state index in [0.717, 1.165) is 17.0 Å². The average Bonchev–Trinajstić information content (AvgIpc) is 3.00. The number of hydrogen-bond acceptors (Lipinski definition) is 3. The Morgan fingerprint density at radius 1 is 1.04 bits per heavy atom. The predicted molar refractivity (Wildman–Crippen MR) is 99.1 cm³/mol. The van der Waals surface area contributed by atoms with E-state index >= 15 is 0 Å². The minimum atomic E-state index is -0.219. The van der Waals surface area contributed by atoms with Gasteiger partial charge in [-0.1, -0.05) is 48.5 Å². The fourth-order valence-electron chi connectivity index (χ4n) is 3.48. The summed E-state index contributed by atoms with van der Waals surface area (Å²) >= 11 is 0. The first-order valence-corrected chi connectivity index (χ1v) is 8.69. The Kier molecular flexibility index (Phi) is 4.16. The van der Waals surface area contributed by atoms with Crippen LogP contribution in [0.25, 0.3) is 11.1 Å². The first-order chi connectivity index (χ1) is 12.6.